The second-order valence-corrected chi connectivity index (χ2v) is 2.99. The van der Waals surface area contributed by atoms with Gasteiger partial charge in [0.1, 0.15) is 0 Å². The standard InChI is InChI=1S/C7H15N.C2H6.H2/c1-7(2,3)5-6-8-4;1-2;/h5-6,8H,1-4H3;1-2H3;1H/b6-5+;;/i;;1+2. The molecule has 0 saturated carbocycles. The molecule has 0 saturated heterocycles. The minimum Gasteiger partial charge on any atom is -0.394 e. The molecule has 1 nitrogen and oxygen atoms in total. The van der Waals surface area contributed by atoms with E-state index in [4.69, 9.17) is 0 Å². The quantitative estimate of drug-likeness (QED) is 0.601. The van der Waals surface area contributed by atoms with Crippen LogP contribution in [0.4, 0.5) is 0 Å². The smallest absolute Gasteiger partial charge is 0.00276 e. The Balaban J connectivity index is -0.000000196. The summed E-state index contributed by atoms with van der Waals surface area (Å²) in [6.45, 7) is 10.5. The zero-order valence-corrected chi connectivity index (χ0v) is 8.15. The molecule has 0 unspecified atom stereocenters. The SMILES string of the molecule is CC.CN/C=C/C(C)(C)C.[3HH]. The van der Waals surface area contributed by atoms with Crippen molar-refractivity contribution in [1.29, 1.82) is 0 Å². The van der Waals surface area contributed by atoms with Gasteiger partial charge < -0.3 is 5.32 Å². The average molecular weight is 147 g/mol. The topological polar surface area (TPSA) is 12.0 Å². The van der Waals surface area contributed by atoms with Crippen molar-refractivity contribution in [3.63, 3.8) is 0 Å². The van der Waals surface area contributed by atoms with E-state index in [2.05, 4.69) is 32.2 Å². The van der Waals surface area contributed by atoms with E-state index in [-0.39, 0.29) is 1.43 Å². The fourth-order valence-electron chi connectivity index (χ4n) is 0.333. The van der Waals surface area contributed by atoms with Gasteiger partial charge in [-0.1, -0.05) is 40.7 Å². The second-order valence-electron chi connectivity index (χ2n) is 2.99. The molecule has 0 aromatic rings. The zero-order valence-electron chi connectivity index (χ0n) is 8.15. The first-order chi connectivity index (χ1) is 4.56. The fourth-order valence-corrected chi connectivity index (χ4v) is 0.333. The summed E-state index contributed by atoms with van der Waals surface area (Å²) in [5.41, 5.74) is 0.309. The number of nitrogens with one attached hydrogen (secondary N) is 1. The molecule has 0 aliphatic heterocycles. The number of hydrogen-bond acceptors (Lipinski definition) is 1. The summed E-state index contributed by atoms with van der Waals surface area (Å²) in [5.74, 6) is 0. The van der Waals surface area contributed by atoms with E-state index < -0.39 is 0 Å². The van der Waals surface area contributed by atoms with Crippen LogP contribution in [-0.4, -0.2) is 7.05 Å². The number of hydrogen-bond donors (Lipinski definition) is 1. The van der Waals surface area contributed by atoms with E-state index in [0.717, 1.165) is 0 Å². The van der Waals surface area contributed by atoms with Gasteiger partial charge in [-0.2, -0.15) is 0 Å². The molecule has 64 valence electrons. The van der Waals surface area contributed by atoms with Crippen LogP contribution in [0.1, 0.15) is 36.0 Å². The van der Waals surface area contributed by atoms with Gasteiger partial charge in [0.2, 0.25) is 0 Å². The molecule has 0 aliphatic rings. The van der Waals surface area contributed by atoms with Crippen LogP contribution < -0.4 is 5.32 Å². The van der Waals surface area contributed by atoms with Crippen molar-refractivity contribution >= 4 is 0 Å². The van der Waals surface area contributed by atoms with Crippen molar-refractivity contribution < 1.29 is 1.43 Å². The van der Waals surface area contributed by atoms with Crippen LogP contribution in [0.2, 0.25) is 0 Å². The van der Waals surface area contributed by atoms with Gasteiger partial charge in [-0.3, -0.25) is 0 Å². The first-order valence-electron chi connectivity index (χ1n) is 3.91. The summed E-state index contributed by atoms with van der Waals surface area (Å²) < 4.78 is 0. The van der Waals surface area contributed by atoms with Crippen molar-refractivity contribution in [2.45, 2.75) is 34.6 Å². The van der Waals surface area contributed by atoms with E-state index >= 15 is 0 Å². The lowest BCUT2D eigenvalue weighted by Crippen LogP contribution is -2.02. The molecule has 0 rings (SSSR count). The summed E-state index contributed by atoms with van der Waals surface area (Å²) in [6.07, 6.45) is 4.09. The number of rotatable bonds is 1. The van der Waals surface area contributed by atoms with Crippen LogP contribution in [0.15, 0.2) is 12.3 Å². The summed E-state index contributed by atoms with van der Waals surface area (Å²) in [5, 5.41) is 2.94. The van der Waals surface area contributed by atoms with E-state index in [0.29, 0.717) is 5.41 Å². The minimum atomic E-state index is 0. The van der Waals surface area contributed by atoms with Gasteiger partial charge >= 0.3 is 0 Å². The Morgan fingerprint density at radius 1 is 1.20 bits per heavy atom. The Hall–Kier alpha value is -0.460. The lowest BCUT2D eigenvalue weighted by atomic mass is 9.97. The highest BCUT2D eigenvalue weighted by Gasteiger charge is 2.01. The maximum atomic E-state index is 2.94. The van der Waals surface area contributed by atoms with Gasteiger partial charge in [0.15, 0.2) is 0 Å². The van der Waals surface area contributed by atoms with Crippen LogP contribution in [0, 0.1) is 5.41 Å². The Bertz CT molecular complexity index is 82.1. The van der Waals surface area contributed by atoms with Gasteiger partial charge in [-0.15, -0.1) is 0 Å². The molecule has 0 amide bonds. The average Bonchev–Trinajstić information content (AvgIpc) is 1.87. The maximum absolute atomic E-state index is 2.94. The minimum absolute atomic E-state index is 0. The van der Waals surface area contributed by atoms with E-state index in [9.17, 15) is 0 Å². The molecule has 0 bridgehead atoms. The first-order valence-corrected chi connectivity index (χ1v) is 3.91. The molecule has 1 N–H and O–H groups in total. The highest BCUT2D eigenvalue weighted by atomic mass is 14.8. The van der Waals surface area contributed by atoms with Crippen molar-refractivity contribution in [2.75, 3.05) is 7.05 Å². The third kappa shape index (κ3) is 15.6. The lowest BCUT2D eigenvalue weighted by Gasteiger charge is -2.10. The van der Waals surface area contributed by atoms with E-state index in [1.54, 1.807) is 0 Å². The molecule has 0 aromatic carbocycles. The summed E-state index contributed by atoms with van der Waals surface area (Å²) in [4.78, 5) is 0. The van der Waals surface area contributed by atoms with Crippen LogP contribution in [-0.2, 0) is 0 Å². The van der Waals surface area contributed by atoms with Crippen LogP contribution in [0.25, 0.3) is 0 Å². The van der Waals surface area contributed by atoms with Crippen molar-refractivity contribution in [3.8, 4) is 0 Å². The van der Waals surface area contributed by atoms with Gasteiger partial charge in [-0.05, 0) is 11.6 Å². The van der Waals surface area contributed by atoms with Crippen LogP contribution in [0.5, 0.6) is 0 Å². The predicted octanol–water partition coefficient (Wildman–Crippen LogP) is 3.04. The highest BCUT2D eigenvalue weighted by Crippen LogP contribution is 2.13. The van der Waals surface area contributed by atoms with Gasteiger partial charge in [0.05, 0.1) is 0 Å². The molecule has 0 radical (unpaired) electrons. The molecule has 10 heavy (non-hydrogen) atoms. The lowest BCUT2D eigenvalue weighted by molar-refractivity contribution is 0.541. The van der Waals surface area contributed by atoms with Crippen LogP contribution >= 0.6 is 0 Å². The van der Waals surface area contributed by atoms with Crippen molar-refractivity contribution in [2.24, 2.45) is 5.41 Å². The van der Waals surface area contributed by atoms with Crippen molar-refractivity contribution in [1.82, 2.24) is 5.32 Å². The summed E-state index contributed by atoms with van der Waals surface area (Å²) in [7, 11) is 1.90. The number of allylic oxidation sites excluding steroid dienone is 1. The van der Waals surface area contributed by atoms with Gasteiger partial charge in [0.25, 0.3) is 0 Å². The molecule has 0 heterocycles. The predicted molar refractivity (Wildman–Crippen MR) is 51.1 cm³/mol. The Morgan fingerprint density at radius 2 is 1.60 bits per heavy atom. The molecule has 0 fully saturated rings. The molecule has 0 atom stereocenters. The van der Waals surface area contributed by atoms with Crippen LogP contribution in [0.3, 0.4) is 0 Å². The second kappa shape index (κ2) is 6.66. The van der Waals surface area contributed by atoms with E-state index in [1.807, 2.05) is 27.1 Å². The fraction of sp³-hybridized carbons (Fsp3) is 0.778. The van der Waals surface area contributed by atoms with Crippen molar-refractivity contribution in [3.05, 3.63) is 12.3 Å². The van der Waals surface area contributed by atoms with Gasteiger partial charge in [-0.25, -0.2) is 0 Å². The third-order valence-corrected chi connectivity index (χ3v) is 0.750. The maximum Gasteiger partial charge on any atom is 0.00276 e. The molecule has 1 heteroatoms. The largest absolute Gasteiger partial charge is 0.394 e. The molecule has 0 aromatic heterocycles. The third-order valence-electron chi connectivity index (χ3n) is 0.750. The van der Waals surface area contributed by atoms with E-state index in [1.165, 1.54) is 0 Å². The normalized spacial score (nSPS) is 10.6. The highest BCUT2D eigenvalue weighted by molar-refractivity contribution is 4.89. The first kappa shape index (κ1) is 12.2. The Kier molecular flexibility index (Phi) is 8.15. The molecule has 0 spiro atoms. The molecular weight excluding hydrogens is 122 g/mol. The molecular formula is C9H23N. The Morgan fingerprint density at radius 3 is 1.70 bits per heavy atom. The summed E-state index contributed by atoms with van der Waals surface area (Å²) in [6, 6.07) is 0. The zero-order chi connectivity index (χ0) is 8.62. The monoisotopic (exact) mass is 147 g/mol. The Labute approximate surface area is 67.0 Å². The van der Waals surface area contributed by atoms with Gasteiger partial charge in [0, 0.05) is 8.47 Å². The summed E-state index contributed by atoms with van der Waals surface area (Å²) >= 11 is 0. The molecule has 0 aliphatic carbocycles.